The van der Waals surface area contributed by atoms with Crippen molar-refractivity contribution in [2.45, 2.75) is 18.0 Å². The van der Waals surface area contributed by atoms with E-state index < -0.39 is 17.1 Å². The van der Waals surface area contributed by atoms with Gasteiger partial charge < -0.3 is 14.8 Å². The van der Waals surface area contributed by atoms with Gasteiger partial charge in [0, 0.05) is 0 Å². The lowest BCUT2D eigenvalue weighted by Crippen LogP contribution is -2.63. The van der Waals surface area contributed by atoms with Crippen LogP contribution in [0.25, 0.3) is 0 Å². The van der Waals surface area contributed by atoms with Crippen LogP contribution in [-0.4, -0.2) is 31.6 Å². The summed E-state index contributed by atoms with van der Waals surface area (Å²) in [5.41, 5.74) is 1.39. The number of carbonyl (C=O) groups is 1. The number of anilines is 1. The summed E-state index contributed by atoms with van der Waals surface area (Å²) in [7, 11) is 3.00. The minimum atomic E-state index is -4.82. The van der Waals surface area contributed by atoms with Crippen LogP contribution < -0.4 is 19.7 Å². The van der Waals surface area contributed by atoms with E-state index in [4.69, 9.17) is 9.47 Å². The van der Waals surface area contributed by atoms with Crippen molar-refractivity contribution in [3.63, 3.8) is 0 Å². The normalized spacial score (nSPS) is 19.4. The van der Waals surface area contributed by atoms with Crippen molar-refractivity contribution in [2.75, 3.05) is 19.1 Å². The predicted octanol–water partition coefficient (Wildman–Crippen LogP) is 6.38. The summed E-state index contributed by atoms with van der Waals surface area (Å²) >= 11 is 0.423. The van der Waals surface area contributed by atoms with Gasteiger partial charge in [-0.1, -0.05) is 29.8 Å². The largest absolute Gasteiger partial charge is 0.497 e. The molecule has 1 atom stereocenters. The van der Waals surface area contributed by atoms with Gasteiger partial charge in [-0.3, -0.25) is 0 Å². The molecule has 1 fully saturated rings. The van der Waals surface area contributed by atoms with E-state index in [1.807, 2.05) is 0 Å². The third kappa shape index (κ3) is 4.79. The molecule has 6 nitrogen and oxygen atoms in total. The highest BCUT2D eigenvalue weighted by Gasteiger charge is 2.62. The second-order valence-electron chi connectivity index (χ2n) is 7.70. The van der Waals surface area contributed by atoms with E-state index in [0.717, 1.165) is 10.5 Å². The van der Waals surface area contributed by atoms with E-state index in [0.29, 0.717) is 34.6 Å². The Hall–Kier alpha value is -3.66. The summed E-state index contributed by atoms with van der Waals surface area (Å²) < 4.78 is 54.3. The second-order valence-corrected chi connectivity index (χ2v) is 8.88. The van der Waals surface area contributed by atoms with Gasteiger partial charge in [0.15, 0.2) is 5.17 Å². The van der Waals surface area contributed by atoms with Crippen molar-refractivity contribution in [1.82, 2.24) is 5.32 Å². The summed E-state index contributed by atoms with van der Waals surface area (Å²) in [6.07, 6.45) is -4.82. The van der Waals surface area contributed by atoms with E-state index in [2.05, 4.69) is 10.3 Å². The van der Waals surface area contributed by atoms with Crippen molar-refractivity contribution < 1.29 is 27.4 Å². The Kier molecular flexibility index (Phi) is 6.66. The molecule has 0 aliphatic carbocycles. The fourth-order valence-corrected chi connectivity index (χ4v) is 4.72. The first-order valence-electron chi connectivity index (χ1n) is 10.5. The third-order valence-electron chi connectivity index (χ3n) is 5.41. The molecule has 35 heavy (non-hydrogen) atoms. The highest BCUT2D eigenvalue weighted by Crippen LogP contribution is 2.51. The van der Waals surface area contributed by atoms with Crippen LogP contribution >= 0.6 is 11.8 Å². The van der Waals surface area contributed by atoms with Crippen LogP contribution in [0.5, 0.6) is 11.5 Å². The zero-order chi connectivity index (χ0) is 25.2. The van der Waals surface area contributed by atoms with Crippen LogP contribution in [0.1, 0.15) is 11.1 Å². The number of ether oxygens (including phenoxy) is 2. The summed E-state index contributed by atoms with van der Waals surface area (Å²) in [4.78, 5) is 16.2. The Morgan fingerprint density at radius 1 is 0.886 bits per heavy atom. The fourth-order valence-electron chi connectivity index (χ4n) is 3.51. The number of urea groups is 1. The van der Waals surface area contributed by atoms with E-state index in [1.54, 1.807) is 67.6 Å². The average molecular weight is 502 g/mol. The van der Waals surface area contributed by atoms with E-state index in [-0.39, 0.29) is 10.7 Å². The number of aryl methyl sites for hydroxylation is 1. The molecule has 2 amide bonds. The molecular weight excluding hydrogens is 479 g/mol. The number of carbonyl (C=O) groups excluding carboxylic acids is 1. The van der Waals surface area contributed by atoms with Crippen LogP contribution in [0.4, 0.5) is 29.3 Å². The van der Waals surface area contributed by atoms with Gasteiger partial charge in [0.2, 0.25) is 4.87 Å². The number of rotatable bonds is 5. The van der Waals surface area contributed by atoms with E-state index >= 15 is 0 Å². The Labute approximate surface area is 204 Å². The van der Waals surface area contributed by atoms with Crippen molar-refractivity contribution in [2.24, 2.45) is 4.99 Å². The molecule has 0 bridgehead atoms. The van der Waals surface area contributed by atoms with Crippen LogP contribution in [0, 0.1) is 6.92 Å². The molecule has 1 N–H and O–H groups in total. The zero-order valence-electron chi connectivity index (χ0n) is 19.1. The van der Waals surface area contributed by atoms with Gasteiger partial charge in [-0.15, -0.1) is 0 Å². The number of nitrogens with zero attached hydrogens (tertiary/aromatic N) is 2. The Morgan fingerprint density at radius 3 is 1.94 bits per heavy atom. The number of nitrogens with one attached hydrogen (secondary N) is 1. The summed E-state index contributed by atoms with van der Waals surface area (Å²) in [6, 6.07) is 17.8. The molecule has 0 saturated carbocycles. The zero-order valence-corrected chi connectivity index (χ0v) is 19.9. The summed E-state index contributed by atoms with van der Waals surface area (Å²) in [5, 5.41) is 2.07. The molecule has 4 rings (SSSR count). The lowest BCUT2D eigenvalue weighted by Gasteiger charge is -2.43. The Bertz CT molecular complexity index is 1230. The lowest BCUT2D eigenvalue weighted by molar-refractivity contribution is -0.167. The van der Waals surface area contributed by atoms with Crippen LogP contribution in [0.2, 0.25) is 0 Å². The molecule has 0 radical (unpaired) electrons. The number of methoxy groups -OCH3 is 2. The predicted molar refractivity (Wildman–Crippen MR) is 131 cm³/mol. The minimum absolute atomic E-state index is 0.106. The molecule has 3 aromatic rings. The molecule has 0 aromatic heterocycles. The number of hydrogen-bond donors (Lipinski definition) is 1. The number of amides is 2. The number of halogens is 3. The minimum Gasteiger partial charge on any atom is -0.497 e. The molecular formula is C25H22F3N3O3S. The van der Waals surface area contributed by atoms with Crippen LogP contribution in [0.15, 0.2) is 77.8 Å². The maximum absolute atomic E-state index is 14.7. The van der Waals surface area contributed by atoms with Gasteiger partial charge in [0.1, 0.15) is 11.5 Å². The number of thioether (sulfide) groups is 1. The number of aliphatic imine (C=N–C) groups is 1. The van der Waals surface area contributed by atoms with Gasteiger partial charge in [-0.2, -0.15) is 13.2 Å². The number of hydrogen-bond acceptors (Lipinski definition) is 5. The fraction of sp³-hybridized carbons (Fsp3) is 0.200. The smallest absolute Gasteiger partial charge is 0.425 e. The lowest BCUT2D eigenvalue weighted by atomic mass is 10.0. The molecule has 10 heteroatoms. The molecule has 1 saturated heterocycles. The van der Waals surface area contributed by atoms with Crippen LogP contribution in [-0.2, 0) is 4.87 Å². The first kappa shape index (κ1) is 24.5. The van der Waals surface area contributed by atoms with Crippen molar-refractivity contribution in [1.29, 1.82) is 0 Å². The van der Waals surface area contributed by atoms with Gasteiger partial charge in [0.25, 0.3) is 0 Å². The first-order valence-corrected chi connectivity index (χ1v) is 11.3. The topological polar surface area (TPSA) is 63.2 Å². The maximum Gasteiger partial charge on any atom is 0.425 e. The van der Waals surface area contributed by atoms with Gasteiger partial charge in [0.05, 0.1) is 25.6 Å². The van der Waals surface area contributed by atoms with Crippen molar-refractivity contribution >= 4 is 34.3 Å². The molecule has 1 heterocycles. The maximum atomic E-state index is 14.7. The average Bonchev–Trinajstić information content (AvgIpc) is 2.84. The quantitative estimate of drug-likeness (QED) is 0.441. The highest BCUT2D eigenvalue weighted by atomic mass is 32.2. The summed E-state index contributed by atoms with van der Waals surface area (Å²) in [6.45, 7) is 1.78. The Morgan fingerprint density at radius 2 is 1.43 bits per heavy atom. The molecule has 1 aliphatic rings. The molecule has 1 aliphatic heterocycles. The highest BCUT2D eigenvalue weighted by molar-refractivity contribution is 8.15. The standard InChI is InChI=1S/C25H22F3N3O3S/c1-16-4-6-17(7-5-16)24(25(26,27)28)30-22(32)31(19-10-14-21(34-3)15-11-19)23(35-24)29-18-8-12-20(33-2)13-9-18/h4-15H,1-3H3,(H,30,32). The third-order valence-corrected chi connectivity index (χ3v) is 6.74. The number of amidine groups is 1. The summed E-state index contributed by atoms with van der Waals surface area (Å²) in [5.74, 6) is 1.11. The van der Waals surface area contributed by atoms with Crippen LogP contribution in [0.3, 0.4) is 0 Å². The molecule has 3 aromatic carbocycles. The second kappa shape index (κ2) is 9.53. The molecule has 1 unspecified atom stereocenters. The van der Waals surface area contributed by atoms with Gasteiger partial charge >= 0.3 is 12.2 Å². The SMILES string of the molecule is COc1ccc(N=C2SC(c3ccc(C)cc3)(C(F)(F)F)NC(=O)N2c2ccc(OC)cc2)cc1. The first-order chi connectivity index (χ1) is 16.7. The van der Waals surface area contributed by atoms with Crippen molar-refractivity contribution in [3.8, 4) is 11.5 Å². The number of benzene rings is 3. The molecule has 0 spiro atoms. The van der Waals surface area contributed by atoms with E-state index in [1.165, 1.54) is 26.4 Å². The van der Waals surface area contributed by atoms with Crippen molar-refractivity contribution in [3.05, 3.63) is 83.9 Å². The van der Waals surface area contributed by atoms with Gasteiger partial charge in [-0.25, -0.2) is 14.7 Å². The van der Waals surface area contributed by atoms with Gasteiger partial charge in [-0.05, 0) is 72.8 Å². The monoisotopic (exact) mass is 501 g/mol. The Balaban J connectivity index is 1.86. The molecule has 182 valence electrons. The van der Waals surface area contributed by atoms with E-state index in [9.17, 15) is 18.0 Å². The number of alkyl halides is 3.